The minimum absolute atomic E-state index is 0.121. The van der Waals surface area contributed by atoms with Gasteiger partial charge in [0.05, 0.1) is 0 Å². The fourth-order valence-corrected chi connectivity index (χ4v) is 4.98. The Kier molecular flexibility index (Phi) is 5.50. The summed E-state index contributed by atoms with van der Waals surface area (Å²) in [7, 11) is 0. The second kappa shape index (κ2) is 8.48. The minimum atomic E-state index is 0.121. The lowest BCUT2D eigenvalue weighted by Crippen LogP contribution is -2.29. The van der Waals surface area contributed by atoms with Gasteiger partial charge in [-0.1, -0.05) is 106 Å². The molecule has 0 saturated heterocycles. The number of ketones is 1. The summed E-state index contributed by atoms with van der Waals surface area (Å²) in [6.07, 6.45) is 5.91. The van der Waals surface area contributed by atoms with E-state index in [-0.39, 0.29) is 11.2 Å². The molecule has 1 heteroatoms. The molecule has 5 rings (SSSR count). The first-order valence-corrected chi connectivity index (χ1v) is 11.8. The number of fused-ring (bicyclic) bond motifs is 2. The van der Waals surface area contributed by atoms with Crippen molar-refractivity contribution in [3.05, 3.63) is 107 Å². The van der Waals surface area contributed by atoms with E-state index in [4.69, 9.17) is 0 Å². The van der Waals surface area contributed by atoms with E-state index in [0.717, 1.165) is 35.1 Å². The minimum Gasteiger partial charge on any atom is -0.289 e. The molecule has 1 aliphatic rings. The maximum Gasteiger partial charge on any atom is 0.185 e. The highest BCUT2D eigenvalue weighted by Crippen LogP contribution is 2.42. The summed E-state index contributed by atoms with van der Waals surface area (Å²) in [4.78, 5) is 13.7. The highest BCUT2D eigenvalue weighted by molar-refractivity contribution is 6.15. The maximum absolute atomic E-state index is 13.7. The Morgan fingerprint density at radius 3 is 1.52 bits per heavy atom. The molecule has 0 aromatic heterocycles. The maximum atomic E-state index is 13.7. The summed E-state index contributed by atoms with van der Waals surface area (Å²) in [5.41, 5.74) is 4.20. The SMILES string of the molecule is CC(C)(C)C1C/C(=C\c2cccc3ccccc23)C(=O)/C(=C/c2cccc3ccccc23)C1. The van der Waals surface area contributed by atoms with Crippen LogP contribution in [0.2, 0.25) is 0 Å². The molecule has 1 fully saturated rings. The van der Waals surface area contributed by atoms with Crippen LogP contribution in [0.5, 0.6) is 0 Å². The number of hydrogen-bond acceptors (Lipinski definition) is 1. The van der Waals surface area contributed by atoms with Crippen LogP contribution in [0, 0.1) is 11.3 Å². The average Bonchev–Trinajstić information content (AvgIpc) is 2.81. The number of carbonyl (C=O) groups is 1. The lowest BCUT2D eigenvalue weighted by atomic mass is 9.68. The van der Waals surface area contributed by atoms with E-state index >= 15 is 0 Å². The first-order chi connectivity index (χ1) is 15.9. The van der Waals surface area contributed by atoms with Gasteiger partial charge in [-0.05, 0) is 69.0 Å². The third kappa shape index (κ3) is 4.28. The van der Waals surface area contributed by atoms with Crippen LogP contribution in [0.4, 0.5) is 0 Å². The van der Waals surface area contributed by atoms with Crippen LogP contribution < -0.4 is 0 Å². The third-order valence-corrected chi connectivity index (χ3v) is 7.05. The van der Waals surface area contributed by atoms with Crippen LogP contribution in [-0.2, 0) is 4.79 Å². The number of hydrogen-bond donors (Lipinski definition) is 0. The standard InChI is InChI=1S/C32H30O/c1-32(2,3)28-20-26(18-24-14-8-12-22-10-4-6-16-29(22)24)31(33)27(21-28)19-25-15-9-13-23-11-5-7-17-30(23)25/h4-19,28H,20-21H2,1-3H3/b26-18+,27-19+. The molecule has 0 unspecified atom stereocenters. The molecule has 4 aromatic carbocycles. The Hall–Kier alpha value is -3.45. The molecule has 164 valence electrons. The van der Waals surface area contributed by atoms with Crippen LogP contribution in [0.3, 0.4) is 0 Å². The second-order valence-electron chi connectivity index (χ2n) is 10.3. The van der Waals surface area contributed by atoms with Crippen LogP contribution >= 0.6 is 0 Å². The highest BCUT2D eigenvalue weighted by atomic mass is 16.1. The quantitative estimate of drug-likeness (QED) is 0.291. The van der Waals surface area contributed by atoms with E-state index in [1.54, 1.807) is 0 Å². The van der Waals surface area contributed by atoms with E-state index in [1.165, 1.54) is 21.5 Å². The lowest BCUT2D eigenvalue weighted by Gasteiger charge is -2.35. The van der Waals surface area contributed by atoms with Gasteiger partial charge in [-0.2, -0.15) is 0 Å². The Bertz CT molecular complexity index is 1300. The van der Waals surface area contributed by atoms with E-state index in [9.17, 15) is 4.79 Å². The van der Waals surface area contributed by atoms with Gasteiger partial charge < -0.3 is 0 Å². The van der Waals surface area contributed by atoms with Crippen LogP contribution in [0.1, 0.15) is 44.7 Å². The first-order valence-electron chi connectivity index (χ1n) is 11.8. The summed E-state index contributed by atoms with van der Waals surface area (Å²) in [6.45, 7) is 6.87. The van der Waals surface area contributed by atoms with Gasteiger partial charge in [-0.3, -0.25) is 4.79 Å². The highest BCUT2D eigenvalue weighted by Gasteiger charge is 2.34. The molecule has 0 bridgehead atoms. The van der Waals surface area contributed by atoms with Gasteiger partial charge in [0.25, 0.3) is 0 Å². The number of rotatable bonds is 2. The predicted octanol–water partition coefficient (Wildman–Crippen LogP) is 8.49. The normalized spacial score (nSPS) is 19.6. The van der Waals surface area contributed by atoms with Gasteiger partial charge in [0, 0.05) is 11.1 Å². The molecule has 4 aromatic rings. The van der Waals surface area contributed by atoms with Crippen LogP contribution in [0.25, 0.3) is 33.7 Å². The van der Waals surface area contributed by atoms with Crippen molar-refractivity contribution in [3.8, 4) is 0 Å². The van der Waals surface area contributed by atoms with Gasteiger partial charge >= 0.3 is 0 Å². The fraction of sp³-hybridized carbons (Fsp3) is 0.219. The molecule has 1 saturated carbocycles. The lowest BCUT2D eigenvalue weighted by molar-refractivity contribution is -0.113. The predicted molar refractivity (Wildman–Crippen MR) is 141 cm³/mol. The Morgan fingerprint density at radius 2 is 1.06 bits per heavy atom. The molecule has 33 heavy (non-hydrogen) atoms. The molecule has 0 N–H and O–H groups in total. The molecular formula is C32H30O. The van der Waals surface area contributed by atoms with Crippen molar-refractivity contribution in [2.75, 3.05) is 0 Å². The molecule has 0 atom stereocenters. The zero-order valence-corrected chi connectivity index (χ0v) is 19.6. The number of benzene rings is 4. The molecule has 0 aliphatic heterocycles. The van der Waals surface area contributed by atoms with E-state index in [2.05, 4.69) is 118 Å². The topological polar surface area (TPSA) is 17.1 Å². The number of Topliss-reactive ketones (excluding diaryl/α,β-unsaturated/α-hetero) is 1. The van der Waals surface area contributed by atoms with Crippen molar-refractivity contribution in [1.29, 1.82) is 0 Å². The summed E-state index contributed by atoms with van der Waals surface area (Å²) in [5, 5.41) is 4.79. The van der Waals surface area contributed by atoms with Crippen molar-refractivity contribution in [2.24, 2.45) is 11.3 Å². The van der Waals surface area contributed by atoms with Crippen molar-refractivity contribution < 1.29 is 4.79 Å². The molecule has 0 radical (unpaired) electrons. The van der Waals surface area contributed by atoms with Crippen molar-refractivity contribution in [2.45, 2.75) is 33.6 Å². The smallest absolute Gasteiger partial charge is 0.185 e. The van der Waals surface area contributed by atoms with Crippen LogP contribution in [0.15, 0.2) is 96.1 Å². The van der Waals surface area contributed by atoms with E-state index < -0.39 is 0 Å². The Morgan fingerprint density at radius 1 is 0.636 bits per heavy atom. The van der Waals surface area contributed by atoms with Gasteiger partial charge in [0.2, 0.25) is 0 Å². The average molecular weight is 431 g/mol. The Labute approximate surface area is 196 Å². The first kappa shape index (κ1) is 21.4. The number of carbonyl (C=O) groups excluding carboxylic acids is 1. The number of allylic oxidation sites excluding steroid dienone is 2. The van der Waals surface area contributed by atoms with Crippen molar-refractivity contribution in [1.82, 2.24) is 0 Å². The second-order valence-corrected chi connectivity index (χ2v) is 10.3. The van der Waals surface area contributed by atoms with Gasteiger partial charge in [-0.15, -0.1) is 0 Å². The third-order valence-electron chi connectivity index (χ3n) is 7.05. The van der Waals surface area contributed by atoms with Crippen molar-refractivity contribution in [3.63, 3.8) is 0 Å². The summed E-state index contributed by atoms with van der Waals surface area (Å²) >= 11 is 0. The fourth-order valence-electron chi connectivity index (χ4n) is 4.98. The largest absolute Gasteiger partial charge is 0.289 e. The monoisotopic (exact) mass is 430 g/mol. The molecule has 0 heterocycles. The van der Waals surface area contributed by atoms with Crippen molar-refractivity contribution >= 4 is 39.5 Å². The van der Waals surface area contributed by atoms with Gasteiger partial charge in [0.1, 0.15) is 0 Å². The zero-order valence-electron chi connectivity index (χ0n) is 19.6. The van der Waals surface area contributed by atoms with E-state index in [1.807, 2.05) is 0 Å². The van der Waals surface area contributed by atoms with Crippen LogP contribution in [-0.4, -0.2) is 5.78 Å². The molecule has 0 amide bonds. The van der Waals surface area contributed by atoms with Gasteiger partial charge in [-0.25, -0.2) is 0 Å². The molecular weight excluding hydrogens is 400 g/mol. The van der Waals surface area contributed by atoms with Gasteiger partial charge in [0.15, 0.2) is 5.78 Å². The molecule has 1 aliphatic carbocycles. The molecule has 0 spiro atoms. The van der Waals surface area contributed by atoms with E-state index in [0.29, 0.717) is 5.92 Å². The molecule has 1 nitrogen and oxygen atoms in total. The Balaban J connectivity index is 1.63. The summed E-state index contributed by atoms with van der Waals surface area (Å²) in [6, 6.07) is 29.5. The zero-order chi connectivity index (χ0) is 23.0. The summed E-state index contributed by atoms with van der Waals surface area (Å²) in [5.74, 6) is 0.606. The summed E-state index contributed by atoms with van der Waals surface area (Å²) < 4.78 is 0.